The highest BCUT2D eigenvalue weighted by molar-refractivity contribution is 6.58. The maximum absolute atomic E-state index is 13.2. The number of rotatable bonds is 5. The van der Waals surface area contributed by atoms with Crippen molar-refractivity contribution >= 4 is 23.5 Å². The van der Waals surface area contributed by atoms with E-state index in [0.717, 1.165) is 0 Å². The van der Waals surface area contributed by atoms with Crippen LogP contribution >= 0.6 is 0 Å². The second kappa shape index (κ2) is 7.08. The molecule has 1 aromatic carbocycles. The van der Waals surface area contributed by atoms with Crippen LogP contribution in [0.4, 0.5) is 4.39 Å². The molecule has 2 heterocycles. The molecule has 0 aliphatic heterocycles. The van der Waals surface area contributed by atoms with Gasteiger partial charge in [0.15, 0.2) is 0 Å². The monoisotopic (exact) mass is 339 g/mol. The molecule has 3 aromatic rings. The topological polar surface area (TPSA) is 71.9 Å². The van der Waals surface area contributed by atoms with Crippen LogP contribution in [0.3, 0.4) is 0 Å². The van der Waals surface area contributed by atoms with Crippen molar-refractivity contribution in [1.82, 2.24) is 10.1 Å². The summed E-state index contributed by atoms with van der Waals surface area (Å²) in [6, 6.07) is 10.7. The summed E-state index contributed by atoms with van der Waals surface area (Å²) in [4.78, 5) is 4.02. The lowest BCUT2D eigenvalue weighted by molar-refractivity contribution is 0.289. The van der Waals surface area contributed by atoms with E-state index in [1.165, 1.54) is 30.5 Å². The summed E-state index contributed by atoms with van der Waals surface area (Å²) >= 11 is 0. The van der Waals surface area contributed by atoms with Crippen molar-refractivity contribution in [2.75, 3.05) is 0 Å². The standard InChI is InChI=1S/C17H9B3FN3O2/c18-17(19,20)16-13(9-25-14-6-1-10(7-22)8-23-14)15(24-26-16)11-2-4-12(21)5-3-11/h1-6,8H,9H2. The van der Waals surface area contributed by atoms with E-state index >= 15 is 0 Å². The summed E-state index contributed by atoms with van der Waals surface area (Å²) in [6.07, 6.45) is 1.38. The maximum Gasteiger partial charge on any atom is 0.213 e. The van der Waals surface area contributed by atoms with E-state index in [1.807, 2.05) is 6.07 Å². The second-order valence-corrected chi connectivity index (χ2v) is 5.56. The number of nitrogens with zero attached hydrogens (tertiary/aromatic N) is 3. The number of pyridine rings is 1. The molecule has 0 amide bonds. The van der Waals surface area contributed by atoms with Crippen LogP contribution in [0.25, 0.3) is 11.3 Å². The van der Waals surface area contributed by atoms with Gasteiger partial charge in [-0.3, -0.25) is 0 Å². The predicted molar refractivity (Wildman–Crippen MR) is 94.1 cm³/mol. The van der Waals surface area contributed by atoms with E-state index < -0.39 is 5.11 Å². The predicted octanol–water partition coefficient (Wildman–Crippen LogP) is 1.94. The summed E-state index contributed by atoms with van der Waals surface area (Å²) in [7, 11) is 17.2. The molecular formula is C17H9B3FN3O2. The summed E-state index contributed by atoms with van der Waals surface area (Å²) in [5, 5.41) is 11.0. The average molecular weight is 339 g/mol. The Balaban J connectivity index is 1.93. The fourth-order valence-corrected chi connectivity index (χ4v) is 2.30. The smallest absolute Gasteiger partial charge is 0.213 e. The van der Waals surface area contributed by atoms with Gasteiger partial charge in [0.2, 0.25) is 5.88 Å². The van der Waals surface area contributed by atoms with E-state index in [-0.39, 0.29) is 24.1 Å². The van der Waals surface area contributed by atoms with Crippen LogP contribution in [0.1, 0.15) is 16.9 Å². The molecule has 0 atom stereocenters. The molecule has 0 spiro atoms. The van der Waals surface area contributed by atoms with Gasteiger partial charge < -0.3 is 9.26 Å². The van der Waals surface area contributed by atoms with Crippen LogP contribution in [0.2, 0.25) is 0 Å². The summed E-state index contributed by atoms with van der Waals surface area (Å²) < 4.78 is 24.0. The van der Waals surface area contributed by atoms with Crippen molar-refractivity contribution < 1.29 is 13.7 Å². The first-order chi connectivity index (χ1) is 12.4. The molecule has 0 fully saturated rings. The Morgan fingerprint density at radius 2 is 1.88 bits per heavy atom. The number of aromatic nitrogens is 2. The third-order valence-corrected chi connectivity index (χ3v) is 3.53. The second-order valence-electron chi connectivity index (χ2n) is 5.56. The molecular weight excluding hydrogens is 330 g/mol. The third kappa shape index (κ3) is 3.80. The number of halogens is 1. The van der Waals surface area contributed by atoms with Gasteiger partial charge >= 0.3 is 0 Å². The zero-order valence-electron chi connectivity index (χ0n) is 13.5. The first-order valence-corrected chi connectivity index (χ1v) is 7.49. The first kappa shape index (κ1) is 17.8. The van der Waals surface area contributed by atoms with Crippen LogP contribution in [0, 0.1) is 17.1 Å². The minimum Gasteiger partial charge on any atom is -0.473 e. The Labute approximate surface area is 153 Å². The molecule has 5 nitrogen and oxygen atoms in total. The summed E-state index contributed by atoms with van der Waals surface area (Å²) in [5.74, 6) is -0.0776. The van der Waals surface area contributed by atoms with Crippen molar-refractivity contribution in [1.29, 1.82) is 5.26 Å². The van der Waals surface area contributed by atoms with Gasteiger partial charge in [0.1, 0.15) is 29.9 Å². The fourth-order valence-electron chi connectivity index (χ4n) is 2.30. The minimum absolute atomic E-state index is 0.0328. The third-order valence-electron chi connectivity index (χ3n) is 3.53. The van der Waals surface area contributed by atoms with Gasteiger partial charge in [-0.05, 0) is 30.3 Å². The van der Waals surface area contributed by atoms with E-state index in [2.05, 4.69) is 10.1 Å². The maximum atomic E-state index is 13.2. The van der Waals surface area contributed by atoms with Gasteiger partial charge in [0, 0.05) is 17.8 Å². The van der Waals surface area contributed by atoms with Gasteiger partial charge in [-0.1, -0.05) is 10.3 Å². The van der Waals surface area contributed by atoms with Crippen molar-refractivity contribution in [3.05, 3.63) is 65.3 Å². The Hall–Kier alpha value is -3.01. The Bertz CT molecular complexity index is 945. The molecule has 0 unspecified atom stereocenters. The zero-order valence-corrected chi connectivity index (χ0v) is 13.5. The van der Waals surface area contributed by atoms with E-state index in [0.29, 0.717) is 22.4 Å². The molecule has 9 heteroatoms. The lowest BCUT2D eigenvalue weighted by Gasteiger charge is -2.18. The Morgan fingerprint density at radius 1 is 1.15 bits per heavy atom. The number of hydrogen-bond acceptors (Lipinski definition) is 5. The van der Waals surface area contributed by atoms with Crippen LogP contribution in [-0.4, -0.2) is 33.7 Å². The van der Waals surface area contributed by atoms with E-state index in [1.54, 1.807) is 12.1 Å². The molecule has 0 N–H and O–H groups in total. The Kier molecular flexibility index (Phi) is 4.85. The summed E-state index contributed by atoms with van der Waals surface area (Å²) in [6.45, 7) is -0.0439. The normalized spacial score (nSPS) is 11.1. The van der Waals surface area contributed by atoms with Crippen LogP contribution < -0.4 is 4.74 Å². The lowest BCUT2D eigenvalue weighted by atomic mass is 9.41. The molecule has 3 rings (SSSR count). The largest absolute Gasteiger partial charge is 0.473 e. The molecule has 0 aliphatic carbocycles. The molecule has 26 heavy (non-hydrogen) atoms. The fraction of sp³-hybridized carbons (Fsp3) is 0.118. The van der Waals surface area contributed by atoms with Crippen molar-refractivity contribution in [2.24, 2.45) is 0 Å². The lowest BCUT2D eigenvalue weighted by Crippen LogP contribution is -2.28. The summed E-state index contributed by atoms with van der Waals surface area (Å²) in [5.41, 5.74) is 1.77. The molecule has 120 valence electrons. The van der Waals surface area contributed by atoms with Gasteiger partial charge in [-0.2, -0.15) is 5.26 Å². The average Bonchev–Trinajstić information content (AvgIpc) is 3.05. The van der Waals surface area contributed by atoms with Gasteiger partial charge in [-0.15, -0.1) is 0 Å². The molecule has 0 saturated heterocycles. The van der Waals surface area contributed by atoms with Gasteiger partial charge in [0.05, 0.1) is 34.7 Å². The van der Waals surface area contributed by atoms with Crippen molar-refractivity contribution in [3.63, 3.8) is 0 Å². The van der Waals surface area contributed by atoms with Crippen LogP contribution in [0.15, 0.2) is 47.1 Å². The molecule has 2 aromatic heterocycles. The van der Waals surface area contributed by atoms with Crippen molar-refractivity contribution in [3.8, 4) is 23.2 Å². The number of benzene rings is 1. The quantitative estimate of drug-likeness (QED) is 0.665. The van der Waals surface area contributed by atoms with Crippen LogP contribution in [-0.2, 0) is 11.7 Å². The van der Waals surface area contributed by atoms with Gasteiger partial charge in [0.25, 0.3) is 0 Å². The molecule has 0 aliphatic rings. The van der Waals surface area contributed by atoms with Crippen molar-refractivity contribution in [2.45, 2.75) is 11.7 Å². The molecule has 0 bridgehead atoms. The molecule has 6 radical (unpaired) electrons. The minimum atomic E-state index is -1.78. The number of nitriles is 1. The zero-order chi connectivity index (χ0) is 18.7. The van der Waals surface area contributed by atoms with Gasteiger partial charge in [-0.25, -0.2) is 9.37 Å². The highest BCUT2D eigenvalue weighted by Gasteiger charge is 2.26. The highest BCUT2D eigenvalue weighted by Crippen LogP contribution is 2.30. The number of ether oxygens (including phenoxy) is 1. The first-order valence-electron chi connectivity index (χ1n) is 7.49. The Morgan fingerprint density at radius 3 is 2.46 bits per heavy atom. The molecule has 0 saturated carbocycles. The highest BCUT2D eigenvalue weighted by atomic mass is 19.1. The van der Waals surface area contributed by atoms with E-state index in [4.69, 9.17) is 38.1 Å². The van der Waals surface area contributed by atoms with E-state index in [9.17, 15) is 4.39 Å². The SMILES string of the molecule is [B]C([B])([B])c1onc(-c2ccc(F)cc2)c1COc1ccc(C#N)cn1. The van der Waals surface area contributed by atoms with Crippen LogP contribution in [0.5, 0.6) is 5.88 Å². The number of hydrogen-bond donors (Lipinski definition) is 0.